The number of amides is 1. The third-order valence-electron chi connectivity index (χ3n) is 3.18. The minimum absolute atomic E-state index is 0.0150. The molecule has 1 aromatic rings. The van der Waals surface area contributed by atoms with Crippen LogP contribution >= 0.6 is 11.6 Å². The highest BCUT2D eigenvalue weighted by Crippen LogP contribution is 2.30. The normalized spacial score (nSPS) is 14.6. The van der Waals surface area contributed by atoms with E-state index in [9.17, 15) is 4.79 Å². The van der Waals surface area contributed by atoms with Crippen molar-refractivity contribution in [3.8, 4) is 0 Å². The number of nitrogens with zero attached hydrogens (tertiary/aromatic N) is 2. The van der Waals surface area contributed by atoms with Crippen molar-refractivity contribution in [2.45, 2.75) is 33.1 Å². The van der Waals surface area contributed by atoms with Crippen molar-refractivity contribution in [2.75, 3.05) is 13.1 Å². The lowest BCUT2D eigenvalue weighted by Crippen LogP contribution is -2.33. The van der Waals surface area contributed by atoms with Crippen molar-refractivity contribution in [1.82, 2.24) is 9.88 Å². The molecule has 1 amide bonds. The van der Waals surface area contributed by atoms with Gasteiger partial charge in [0.15, 0.2) is 0 Å². The van der Waals surface area contributed by atoms with Gasteiger partial charge in [-0.25, -0.2) is 0 Å². The summed E-state index contributed by atoms with van der Waals surface area (Å²) in [5.74, 6) is 0.707. The zero-order chi connectivity index (χ0) is 13.1. The van der Waals surface area contributed by atoms with Crippen LogP contribution in [0.5, 0.6) is 0 Å². The van der Waals surface area contributed by atoms with E-state index in [1.54, 1.807) is 12.3 Å². The lowest BCUT2D eigenvalue weighted by Gasteiger charge is -2.22. The van der Waals surface area contributed by atoms with Crippen LogP contribution in [0, 0.1) is 12.8 Å². The average Bonchev–Trinajstić information content (AvgIpc) is 3.11. The number of halogens is 1. The average molecular weight is 267 g/mol. The van der Waals surface area contributed by atoms with E-state index in [1.807, 2.05) is 11.8 Å². The lowest BCUT2D eigenvalue weighted by atomic mass is 10.2. The second-order valence-electron chi connectivity index (χ2n) is 5.00. The molecule has 1 aromatic heterocycles. The van der Waals surface area contributed by atoms with E-state index in [1.165, 1.54) is 12.8 Å². The van der Waals surface area contributed by atoms with E-state index < -0.39 is 0 Å². The van der Waals surface area contributed by atoms with Gasteiger partial charge in [0.1, 0.15) is 0 Å². The van der Waals surface area contributed by atoms with Crippen LogP contribution in [0.25, 0.3) is 0 Å². The second kappa shape index (κ2) is 5.70. The molecule has 1 aliphatic carbocycles. The van der Waals surface area contributed by atoms with Crippen LogP contribution < -0.4 is 0 Å². The number of rotatable bonds is 5. The SMILES string of the molecule is CCCN(CC1CC1)C(=O)c1cnc(C)cc1Cl. The lowest BCUT2D eigenvalue weighted by molar-refractivity contribution is 0.0747. The highest BCUT2D eigenvalue weighted by atomic mass is 35.5. The van der Waals surface area contributed by atoms with E-state index in [-0.39, 0.29) is 5.91 Å². The van der Waals surface area contributed by atoms with E-state index in [4.69, 9.17) is 11.6 Å². The molecule has 3 nitrogen and oxygen atoms in total. The Kier molecular flexibility index (Phi) is 4.23. The molecule has 0 aliphatic heterocycles. The topological polar surface area (TPSA) is 33.2 Å². The Balaban J connectivity index is 2.15. The van der Waals surface area contributed by atoms with Gasteiger partial charge in [0, 0.05) is 25.0 Å². The van der Waals surface area contributed by atoms with Crippen LogP contribution in [0.3, 0.4) is 0 Å². The fraction of sp³-hybridized carbons (Fsp3) is 0.571. The summed E-state index contributed by atoms with van der Waals surface area (Å²) in [6.45, 7) is 5.60. The Labute approximate surface area is 113 Å². The highest BCUT2D eigenvalue weighted by molar-refractivity contribution is 6.33. The third-order valence-corrected chi connectivity index (χ3v) is 3.49. The van der Waals surface area contributed by atoms with Gasteiger partial charge < -0.3 is 4.90 Å². The van der Waals surface area contributed by atoms with Crippen molar-refractivity contribution in [3.63, 3.8) is 0 Å². The van der Waals surface area contributed by atoms with Crippen molar-refractivity contribution in [2.24, 2.45) is 5.92 Å². The standard InChI is InChI=1S/C14H19ClN2O/c1-3-6-17(9-11-4-5-11)14(18)12-8-16-10(2)7-13(12)15/h7-8,11H,3-6,9H2,1-2H3. The smallest absolute Gasteiger partial charge is 0.256 e. The van der Waals surface area contributed by atoms with Gasteiger partial charge in [0.25, 0.3) is 5.91 Å². The molecule has 0 bridgehead atoms. The van der Waals surface area contributed by atoms with Gasteiger partial charge in [0.2, 0.25) is 0 Å². The number of aromatic nitrogens is 1. The first-order valence-electron chi connectivity index (χ1n) is 6.53. The van der Waals surface area contributed by atoms with Crippen LogP contribution in [-0.4, -0.2) is 28.9 Å². The van der Waals surface area contributed by atoms with E-state index >= 15 is 0 Å². The summed E-state index contributed by atoms with van der Waals surface area (Å²) in [6.07, 6.45) is 5.05. The quantitative estimate of drug-likeness (QED) is 0.819. The Morgan fingerprint density at radius 3 is 2.83 bits per heavy atom. The van der Waals surface area contributed by atoms with E-state index in [2.05, 4.69) is 11.9 Å². The number of hydrogen-bond donors (Lipinski definition) is 0. The second-order valence-corrected chi connectivity index (χ2v) is 5.41. The van der Waals surface area contributed by atoms with Crippen molar-refractivity contribution < 1.29 is 4.79 Å². The Hall–Kier alpha value is -1.09. The first kappa shape index (κ1) is 13.3. The van der Waals surface area contributed by atoms with Crippen LogP contribution in [-0.2, 0) is 0 Å². The Morgan fingerprint density at radius 1 is 1.56 bits per heavy atom. The van der Waals surface area contributed by atoms with Gasteiger partial charge in [-0.3, -0.25) is 9.78 Å². The minimum Gasteiger partial charge on any atom is -0.338 e. The van der Waals surface area contributed by atoms with Crippen LogP contribution in [0.4, 0.5) is 0 Å². The Morgan fingerprint density at radius 2 is 2.28 bits per heavy atom. The fourth-order valence-corrected chi connectivity index (χ4v) is 2.30. The summed E-state index contributed by atoms with van der Waals surface area (Å²) in [6, 6.07) is 1.75. The summed E-state index contributed by atoms with van der Waals surface area (Å²) < 4.78 is 0. The summed E-state index contributed by atoms with van der Waals surface area (Å²) in [7, 11) is 0. The first-order valence-corrected chi connectivity index (χ1v) is 6.91. The summed E-state index contributed by atoms with van der Waals surface area (Å²) in [5, 5.41) is 0.504. The third kappa shape index (κ3) is 3.22. The number of carbonyl (C=O) groups excluding carboxylic acids is 1. The van der Waals surface area contributed by atoms with Gasteiger partial charge in [-0.05, 0) is 38.2 Å². The molecule has 0 N–H and O–H groups in total. The molecular formula is C14H19ClN2O. The van der Waals surface area contributed by atoms with Crippen LogP contribution in [0.2, 0.25) is 5.02 Å². The maximum absolute atomic E-state index is 12.4. The summed E-state index contributed by atoms with van der Waals surface area (Å²) in [4.78, 5) is 18.5. The molecular weight excluding hydrogens is 248 g/mol. The van der Waals surface area contributed by atoms with E-state index in [0.29, 0.717) is 16.5 Å². The Bertz CT molecular complexity index is 443. The maximum Gasteiger partial charge on any atom is 0.256 e. The predicted octanol–water partition coefficient (Wildman–Crippen LogP) is 3.31. The van der Waals surface area contributed by atoms with Crippen molar-refractivity contribution in [1.29, 1.82) is 0 Å². The predicted molar refractivity (Wildman–Crippen MR) is 72.9 cm³/mol. The zero-order valence-corrected chi connectivity index (χ0v) is 11.7. The van der Waals surface area contributed by atoms with Gasteiger partial charge in [0.05, 0.1) is 10.6 Å². The molecule has 0 saturated heterocycles. The molecule has 18 heavy (non-hydrogen) atoms. The van der Waals surface area contributed by atoms with Crippen LogP contribution in [0.1, 0.15) is 42.2 Å². The number of hydrogen-bond acceptors (Lipinski definition) is 2. The zero-order valence-electron chi connectivity index (χ0n) is 10.9. The number of pyridine rings is 1. The molecule has 4 heteroatoms. The monoisotopic (exact) mass is 266 g/mol. The molecule has 1 heterocycles. The largest absolute Gasteiger partial charge is 0.338 e. The molecule has 0 spiro atoms. The van der Waals surface area contributed by atoms with Gasteiger partial charge in [-0.15, -0.1) is 0 Å². The van der Waals surface area contributed by atoms with Crippen molar-refractivity contribution in [3.05, 3.63) is 28.5 Å². The number of carbonyl (C=O) groups is 1. The molecule has 0 radical (unpaired) electrons. The minimum atomic E-state index is 0.0150. The molecule has 0 unspecified atom stereocenters. The summed E-state index contributed by atoms with van der Waals surface area (Å²) >= 11 is 6.13. The van der Waals surface area contributed by atoms with Gasteiger partial charge >= 0.3 is 0 Å². The molecule has 1 aliphatic rings. The fourth-order valence-electron chi connectivity index (χ4n) is 2.01. The molecule has 1 saturated carbocycles. The van der Waals surface area contributed by atoms with Gasteiger partial charge in [-0.1, -0.05) is 18.5 Å². The number of aryl methyl sites for hydroxylation is 1. The van der Waals surface area contributed by atoms with Crippen LogP contribution in [0.15, 0.2) is 12.3 Å². The van der Waals surface area contributed by atoms with Gasteiger partial charge in [-0.2, -0.15) is 0 Å². The molecule has 1 fully saturated rings. The molecule has 98 valence electrons. The molecule has 0 aromatic carbocycles. The first-order chi connectivity index (χ1) is 8.61. The highest BCUT2D eigenvalue weighted by Gasteiger charge is 2.27. The molecule has 0 atom stereocenters. The molecule has 2 rings (SSSR count). The van der Waals surface area contributed by atoms with E-state index in [0.717, 1.165) is 25.2 Å². The summed E-state index contributed by atoms with van der Waals surface area (Å²) in [5.41, 5.74) is 1.36. The maximum atomic E-state index is 12.4. The van der Waals surface area contributed by atoms with Crippen molar-refractivity contribution >= 4 is 17.5 Å².